The van der Waals surface area contributed by atoms with Gasteiger partial charge in [-0.3, -0.25) is 29.3 Å². The van der Waals surface area contributed by atoms with E-state index in [1.807, 2.05) is 106 Å². The first kappa shape index (κ1) is 74.2. The molecular weight excluding hydrogens is 1440 g/mol. The molecule has 11 aromatic rings. The maximum Gasteiger partial charge on any atom is 0.281 e. The van der Waals surface area contributed by atoms with Crippen molar-refractivity contribution in [3.05, 3.63) is 227 Å². The second-order valence-electron chi connectivity index (χ2n) is 24.5. The zero-order chi connectivity index (χ0) is 72.4. The van der Waals surface area contributed by atoms with E-state index in [4.69, 9.17) is 43.6 Å². The van der Waals surface area contributed by atoms with Gasteiger partial charge in [0.15, 0.2) is 0 Å². The molecule has 0 spiro atoms. The number of rotatable bonds is 28. The molecule has 3 saturated carbocycles. The zero-order valence-corrected chi connectivity index (χ0v) is 62.2. The molecule has 3 fully saturated rings. The largest absolute Gasteiger partial charge is 0.497 e. The number of H-pyrrole nitrogens is 1. The van der Waals surface area contributed by atoms with E-state index < -0.39 is 0 Å². The summed E-state index contributed by atoms with van der Waals surface area (Å²) in [5.74, 6) is 7.37. The lowest BCUT2D eigenvalue weighted by Crippen LogP contribution is -2.27. The van der Waals surface area contributed by atoms with Crippen molar-refractivity contribution in [3.63, 3.8) is 0 Å². The molecule has 0 aliphatic heterocycles. The Kier molecular flexibility index (Phi) is 25.8. The van der Waals surface area contributed by atoms with Crippen LogP contribution < -0.4 is 60.3 Å². The Morgan fingerprint density at radius 3 is 1.22 bits per heavy atom. The van der Waals surface area contributed by atoms with Crippen molar-refractivity contribution in [1.29, 1.82) is 0 Å². The van der Waals surface area contributed by atoms with Crippen LogP contribution in [0.1, 0.15) is 106 Å². The fraction of sp³-hybridized carbons (Fsp3) is 0.375. The molecule has 0 bridgehead atoms. The van der Waals surface area contributed by atoms with Gasteiger partial charge in [0.2, 0.25) is 17.6 Å². The van der Waals surface area contributed by atoms with Crippen LogP contribution in [0.25, 0.3) is 0 Å². The Balaban J connectivity index is 0.000000148. The minimum atomic E-state index is -0.204. The lowest BCUT2D eigenvalue weighted by Gasteiger charge is -2.12. The second kappa shape index (κ2) is 35.8. The van der Waals surface area contributed by atoms with Crippen LogP contribution in [0.4, 0.5) is 0 Å². The third kappa shape index (κ3) is 21.3. The van der Waals surface area contributed by atoms with Crippen molar-refractivity contribution in [1.82, 2.24) is 75.3 Å². The fourth-order valence-electron chi connectivity index (χ4n) is 11.0. The van der Waals surface area contributed by atoms with Crippen LogP contribution in [-0.4, -0.2) is 131 Å². The Morgan fingerprint density at radius 2 is 0.845 bits per heavy atom. The van der Waals surface area contributed by atoms with Crippen molar-refractivity contribution in [2.75, 3.05) is 55.4 Å². The Hall–Kier alpha value is -9.95. The molecule has 0 unspecified atom stereocenters. The topological polar surface area (TPSA) is 331 Å². The minimum absolute atomic E-state index is 0.129. The van der Waals surface area contributed by atoms with Crippen LogP contribution in [0.5, 0.6) is 46.4 Å². The maximum atomic E-state index is 13.3. The molecule has 3 aliphatic rings. The highest BCUT2D eigenvalue weighted by Crippen LogP contribution is 2.49. The lowest BCUT2D eigenvalue weighted by atomic mass is 10.1. The van der Waals surface area contributed by atoms with Crippen molar-refractivity contribution >= 4 is 49.9 Å². The number of aromatic amines is 1. The highest BCUT2D eigenvalue weighted by atomic mass is 79.9. The molecule has 103 heavy (non-hydrogen) atoms. The van der Waals surface area contributed by atoms with Crippen molar-refractivity contribution in [2.45, 2.75) is 103 Å². The summed E-state index contributed by atoms with van der Waals surface area (Å²) in [7, 11) is 8.14. The maximum absolute atomic E-state index is 13.3. The molecule has 0 saturated heterocycles. The van der Waals surface area contributed by atoms with E-state index in [1.165, 1.54) is 9.36 Å². The van der Waals surface area contributed by atoms with Gasteiger partial charge in [-0.25, -0.2) is 14.5 Å². The number of hydrogen-bond acceptors (Lipinski definition) is 27. The standard InChI is InChI=1S/C27H29N5O4S.C22H22BrN3O4.C19H21N5O3S.C4H7N3S/c1-17-29-30-26(37-17)11-6-19-13-25(31-32(27(19)33)15-18-4-7-21(34-2)8-5-18)36-16-20-12-23(20)24-10-9-22(35-3)14-28-24;1-28-16-5-3-14(4-6-16)12-26-22(27)19(23)10-21(25-26)30-13-15-9-18(15)20-8-7-17(29-2)11-24-20;1-11-21-23-18(28-11)6-3-12-8-17(22-24-19(12)25)27-10-13-7-15(13)16-5-4-14(26-2)9-20-16;1-3-6-7-4(2-5)8-3/h4-5,7-10,13-14,20,23H,6,11-12,15-16H2,1-3H3;3-8,10-11,15,18H,9,12-13H2,1-2H3;4-5,8-9,13,15H,3,6-7,10H2,1-2H3,(H,24,25);2,5H2,1H3/t20-,23+;15-,18+;13-,15+;/m111./s1. The average molecular weight is 1520 g/mol. The molecule has 9 heterocycles. The summed E-state index contributed by atoms with van der Waals surface area (Å²) in [4.78, 5) is 51.2. The lowest BCUT2D eigenvalue weighted by molar-refractivity contribution is 0.276. The monoisotopic (exact) mass is 1520 g/mol. The van der Waals surface area contributed by atoms with E-state index >= 15 is 0 Å². The van der Waals surface area contributed by atoms with Gasteiger partial charge < -0.3 is 43.6 Å². The van der Waals surface area contributed by atoms with Crippen LogP contribution in [0.3, 0.4) is 0 Å². The number of pyridine rings is 3. The quantitative estimate of drug-likeness (QED) is 0.0460. The number of ether oxygens (including phenoxy) is 8. The van der Waals surface area contributed by atoms with E-state index in [9.17, 15) is 14.4 Å². The van der Waals surface area contributed by atoms with Crippen LogP contribution in [0.15, 0.2) is 141 Å². The summed E-state index contributed by atoms with van der Waals surface area (Å²) in [6.07, 6.45) is 10.7. The number of aryl methyl sites for hydroxylation is 7. The molecule has 3 N–H and O–H groups in total. The fourth-order valence-corrected chi connectivity index (χ4v) is 13.4. The summed E-state index contributed by atoms with van der Waals surface area (Å²) >= 11 is 7.95. The van der Waals surface area contributed by atoms with Gasteiger partial charge in [-0.2, -0.15) is 0 Å². The minimum Gasteiger partial charge on any atom is -0.497 e. The Morgan fingerprint density at radius 1 is 0.466 bits per heavy atom. The number of halogens is 1. The van der Waals surface area contributed by atoms with Crippen molar-refractivity contribution in [3.8, 4) is 46.4 Å². The summed E-state index contributed by atoms with van der Waals surface area (Å²) in [5.41, 5.74) is 11.1. The first-order valence-corrected chi connectivity index (χ1v) is 36.5. The summed E-state index contributed by atoms with van der Waals surface area (Å²) in [5, 5.41) is 44.9. The van der Waals surface area contributed by atoms with E-state index in [2.05, 4.69) is 81.9 Å². The van der Waals surface area contributed by atoms with Crippen LogP contribution in [0.2, 0.25) is 0 Å². The molecule has 27 nitrogen and oxygen atoms in total. The number of methoxy groups -OCH3 is 5. The van der Waals surface area contributed by atoms with Gasteiger partial charge in [-0.1, -0.05) is 24.3 Å². The molecule has 2 aromatic carbocycles. The highest BCUT2D eigenvalue weighted by molar-refractivity contribution is 9.10. The van der Waals surface area contributed by atoms with Gasteiger partial charge in [0, 0.05) is 101 Å². The van der Waals surface area contributed by atoms with Gasteiger partial charge in [0.05, 0.1) is 91.5 Å². The Labute approximate surface area is 614 Å². The summed E-state index contributed by atoms with van der Waals surface area (Å²) in [6, 6.07) is 32.0. The summed E-state index contributed by atoms with van der Waals surface area (Å²) in [6.45, 7) is 8.54. The Bertz CT molecular complexity index is 4730. The summed E-state index contributed by atoms with van der Waals surface area (Å²) < 4.78 is 47.1. The third-order valence-corrected chi connectivity index (χ3v) is 20.3. The van der Waals surface area contributed by atoms with Gasteiger partial charge in [-0.05, 0) is 141 Å². The average Bonchev–Trinajstić information content (AvgIpc) is 1.61. The molecule has 0 radical (unpaired) electrons. The normalized spacial score (nSPS) is 16.6. The number of benzene rings is 2. The predicted octanol–water partition coefficient (Wildman–Crippen LogP) is 10.1. The molecule has 9 aromatic heterocycles. The van der Waals surface area contributed by atoms with Crippen molar-refractivity contribution in [2.24, 2.45) is 23.5 Å². The number of nitrogens with two attached hydrogens (primary N) is 1. The smallest absolute Gasteiger partial charge is 0.281 e. The second-order valence-corrected chi connectivity index (χ2v) is 29.1. The van der Waals surface area contributed by atoms with Crippen LogP contribution in [-0.2, 0) is 45.3 Å². The number of hydrogen-bond donors (Lipinski definition) is 2. The van der Waals surface area contributed by atoms with E-state index in [0.717, 1.165) is 106 Å². The number of nitrogens with zero attached hydrogens (tertiary/aromatic N) is 14. The third-order valence-electron chi connectivity index (χ3n) is 17.1. The molecule has 538 valence electrons. The molecule has 14 rings (SSSR count). The molecule has 31 heteroatoms. The first-order valence-electron chi connectivity index (χ1n) is 33.2. The number of aromatic nitrogens is 15. The molecule has 6 atom stereocenters. The van der Waals surface area contributed by atoms with Crippen molar-refractivity contribution < 1.29 is 37.9 Å². The molecule has 3 aliphatic carbocycles. The van der Waals surface area contributed by atoms with Gasteiger partial charge >= 0.3 is 0 Å². The first-order chi connectivity index (χ1) is 50.0. The highest BCUT2D eigenvalue weighted by Gasteiger charge is 2.42. The predicted molar refractivity (Wildman–Crippen MR) is 392 cm³/mol. The zero-order valence-electron chi connectivity index (χ0n) is 58.1. The van der Waals surface area contributed by atoms with Gasteiger partial charge in [-0.15, -0.1) is 79.9 Å². The van der Waals surface area contributed by atoms with Gasteiger partial charge in [0.1, 0.15) is 58.8 Å². The van der Waals surface area contributed by atoms with E-state index in [1.54, 1.807) is 106 Å². The van der Waals surface area contributed by atoms with Crippen LogP contribution in [0, 0.1) is 38.5 Å². The van der Waals surface area contributed by atoms with Crippen LogP contribution >= 0.6 is 49.9 Å². The number of nitrogens with one attached hydrogen (secondary N) is 1. The van der Waals surface area contributed by atoms with E-state index in [-0.39, 0.29) is 16.7 Å². The van der Waals surface area contributed by atoms with E-state index in [0.29, 0.717) is 134 Å². The molecular formula is C72H79BrN16O11S3. The SMILES string of the molecule is COc1ccc(Cn2nc(OC[C@H]3C[C@@H]3c3ccc(OC)cn3)cc(Br)c2=O)cc1.COc1ccc(Cn2nc(OC[C@H]3C[C@@H]3c3ccc(OC)cn3)cc(CCc3nnc(C)s3)c2=O)cc1.COc1ccc([C@H]2C[C@@H]2COc2cc(CCc3nnc(C)s3)c(=O)[nH]n2)nc1.Cc1nnc(CN)s1. The molecule has 0 amide bonds. The van der Waals surface area contributed by atoms with Gasteiger partial charge in [0.25, 0.3) is 16.7 Å².